The lowest BCUT2D eigenvalue weighted by Crippen LogP contribution is -2.58. The molecular weight excluding hydrogens is 494 g/mol. The zero-order valence-corrected chi connectivity index (χ0v) is 20.6. The number of aliphatic carboxylic acids is 1. The van der Waals surface area contributed by atoms with Crippen LogP contribution in [0.4, 0.5) is 0 Å². The van der Waals surface area contributed by atoms with Gasteiger partial charge in [-0.15, -0.1) is 0 Å². The maximum absolute atomic E-state index is 13.3. The van der Waals surface area contributed by atoms with Gasteiger partial charge in [0.2, 0.25) is 17.7 Å². The van der Waals surface area contributed by atoms with Crippen LogP contribution in [0.1, 0.15) is 24.1 Å². The number of aliphatic hydroxyl groups excluding tert-OH is 1. The number of carboxylic acids is 1. The fraction of sp³-hybridized carbons (Fsp3) is 0.400. The highest BCUT2D eigenvalue weighted by Gasteiger charge is 2.38. The summed E-state index contributed by atoms with van der Waals surface area (Å²) in [5, 5.41) is 25.3. The fourth-order valence-electron chi connectivity index (χ4n) is 4.67. The van der Waals surface area contributed by atoms with Gasteiger partial charge in [0.15, 0.2) is 0 Å². The average molecular weight is 526 g/mol. The molecule has 3 aromatic rings. The number of carbonyl (C=O) groups excluding carboxylic acids is 3. The number of rotatable bonds is 11. The Bertz CT molecular complexity index is 1290. The smallest absolute Gasteiger partial charge is 0.326 e. The van der Waals surface area contributed by atoms with Gasteiger partial charge in [0.05, 0.1) is 24.7 Å². The minimum absolute atomic E-state index is 0.0108. The molecule has 13 nitrogen and oxygen atoms in total. The van der Waals surface area contributed by atoms with Gasteiger partial charge in [-0.25, -0.2) is 9.78 Å². The van der Waals surface area contributed by atoms with Gasteiger partial charge in [-0.2, -0.15) is 0 Å². The molecule has 202 valence electrons. The molecule has 0 spiro atoms. The molecule has 0 radical (unpaired) electrons. The zero-order valence-electron chi connectivity index (χ0n) is 20.6. The second-order valence-corrected chi connectivity index (χ2v) is 9.27. The number of nitrogens with two attached hydrogens (primary N) is 1. The molecule has 1 aliphatic heterocycles. The number of aliphatic hydroxyl groups is 1. The number of H-pyrrole nitrogens is 2. The zero-order chi connectivity index (χ0) is 27.2. The number of likely N-dealkylation sites (tertiary alicyclic amines) is 1. The Morgan fingerprint density at radius 3 is 2.58 bits per heavy atom. The predicted octanol–water partition coefficient (Wildman–Crippen LogP) is -0.959. The molecule has 3 amide bonds. The molecule has 38 heavy (non-hydrogen) atoms. The van der Waals surface area contributed by atoms with Gasteiger partial charge in [-0.3, -0.25) is 14.4 Å². The van der Waals surface area contributed by atoms with Crippen LogP contribution in [0.3, 0.4) is 0 Å². The van der Waals surface area contributed by atoms with Crippen LogP contribution in [-0.2, 0) is 32.0 Å². The molecule has 1 aromatic carbocycles. The van der Waals surface area contributed by atoms with E-state index in [1.165, 1.54) is 11.2 Å². The first-order chi connectivity index (χ1) is 18.3. The number of carboxylic acid groups (broad SMARTS) is 1. The minimum atomic E-state index is -1.38. The molecule has 8 N–H and O–H groups in total. The summed E-state index contributed by atoms with van der Waals surface area (Å²) in [7, 11) is 0. The second-order valence-electron chi connectivity index (χ2n) is 9.27. The van der Waals surface area contributed by atoms with Gasteiger partial charge in [-0.1, -0.05) is 18.2 Å². The summed E-state index contributed by atoms with van der Waals surface area (Å²) in [6.07, 6.45) is 5.76. The normalized spacial score (nSPS) is 17.6. The number of nitrogens with zero attached hydrogens (tertiary/aromatic N) is 2. The van der Waals surface area contributed by atoms with Crippen molar-refractivity contribution in [3.8, 4) is 0 Å². The van der Waals surface area contributed by atoms with E-state index in [1.807, 2.05) is 24.3 Å². The topological polar surface area (TPSA) is 207 Å². The van der Waals surface area contributed by atoms with Gasteiger partial charge in [0.1, 0.15) is 18.1 Å². The van der Waals surface area contributed by atoms with Crippen molar-refractivity contribution in [1.29, 1.82) is 0 Å². The van der Waals surface area contributed by atoms with Crippen LogP contribution in [0.2, 0.25) is 0 Å². The Labute approximate surface area is 217 Å². The van der Waals surface area contributed by atoms with Gasteiger partial charge in [0, 0.05) is 36.3 Å². The maximum atomic E-state index is 13.3. The van der Waals surface area contributed by atoms with Crippen molar-refractivity contribution >= 4 is 34.6 Å². The van der Waals surface area contributed by atoms with Crippen LogP contribution in [0, 0.1) is 0 Å². The van der Waals surface area contributed by atoms with Crippen molar-refractivity contribution < 1.29 is 29.4 Å². The number of fused-ring (bicyclic) bond motifs is 1. The highest BCUT2D eigenvalue weighted by atomic mass is 16.4. The van der Waals surface area contributed by atoms with Gasteiger partial charge in [0.25, 0.3) is 0 Å². The summed E-state index contributed by atoms with van der Waals surface area (Å²) < 4.78 is 0. The third-order valence-electron chi connectivity index (χ3n) is 6.67. The maximum Gasteiger partial charge on any atom is 0.326 e. The van der Waals surface area contributed by atoms with Crippen molar-refractivity contribution in [2.45, 2.75) is 49.9 Å². The lowest BCUT2D eigenvalue weighted by molar-refractivity contribution is -0.149. The molecule has 1 fully saturated rings. The first-order valence-corrected chi connectivity index (χ1v) is 12.3. The van der Waals surface area contributed by atoms with E-state index in [1.54, 1.807) is 12.4 Å². The van der Waals surface area contributed by atoms with E-state index in [0.717, 1.165) is 16.5 Å². The number of amides is 3. The second kappa shape index (κ2) is 11.9. The fourth-order valence-corrected chi connectivity index (χ4v) is 4.67. The number of carbonyl (C=O) groups is 4. The molecule has 4 rings (SSSR count). The van der Waals surface area contributed by atoms with E-state index in [9.17, 15) is 29.4 Å². The van der Waals surface area contributed by atoms with Crippen LogP contribution in [0.25, 0.3) is 10.9 Å². The SMILES string of the molecule is N[C@@H](Cc1c[nH]c2ccccc12)C(=O)N[C@@H](CO)C(=O)N[C@@H](Cc1c[nH]cn1)C(=O)N1CCC[C@H]1C(=O)O. The molecule has 0 bridgehead atoms. The minimum Gasteiger partial charge on any atom is -0.480 e. The van der Waals surface area contributed by atoms with Crippen molar-refractivity contribution in [3.05, 3.63) is 54.2 Å². The summed E-state index contributed by atoms with van der Waals surface area (Å²) in [5.41, 5.74) is 8.31. The first-order valence-electron chi connectivity index (χ1n) is 12.3. The molecule has 0 saturated carbocycles. The molecular formula is C25H31N7O6. The first kappa shape index (κ1) is 26.8. The van der Waals surface area contributed by atoms with Crippen LogP contribution in [0.15, 0.2) is 43.0 Å². The number of aromatic nitrogens is 3. The quantitative estimate of drug-likeness (QED) is 0.166. The number of imidazole rings is 1. The number of para-hydroxylation sites is 1. The average Bonchev–Trinajstić information content (AvgIpc) is 3.68. The lowest BCUT2D eigenvalue weighted by Gasteiger charge is -2.28. The van der Waals surface area contributed by atoms with Gasteiger partial charge >= 0.3 is 5.97 Å². The van der Waals surface area contributed by atoms with Crippen LogP contribution in [0.5, 0.6) is 0 Å². The number of nitrogens with one attached hydrogen (secondary N) is 4. The Kier molecular flexibility index (Phi) is 8.38. The van der Waals surface area contributed by atoms with Crippen LogP contribution < -0.4 is 16.4 Å². The predicted molar refractivity (Wildman–Crippen MR) is 136 cm³/mol. The standard InChI is InChI=1S/C25H31N7O6/c26-17(8-14-10-28-18-5-2-1-4-16(14)18)22(34)31-20(12-33)23(35)30-19(9-15-11-27-13-29-15)24(36)32-7-3-6-21(32)25(37)38/h1-2,4-5,10-11,13,17,19-21,28,33H,3,6-9,12,26H2,(H,27,29)(H,30,35)(H,31,34)(H,37,38)/t17-,19-,20-,21-/m0/s1. The van der Waals surface area contributed by atoms with E-state index < -0.39 is 54.5 Å². The van der Waals surface area contributed by atoms with E-state index in [4.69, 9.17) is 5.73 Å². The number of hydrogen-bond acceptors (Lipinski definition) is 7. The summed E-state index contributed by atoms with van der Waals surface area (Å²) >= 11 is 0. The highest BCUT2D eigenvalue weighted by molar-refractivity contribution is 5.94. The Hall–Kier alpha value is -4.23. The summed E-state index contributed by atoms with van der Waals surface area (Å²) in [6, 6.07) is 3.04. The number of benzene rings is 1. The number of aromatic amines is 2. The molecule has 0 aliphatic carbocycles. The van der Waals surface area contributed by atoms with Crippen molar-refractivity contribution in [2.75, 3.05) is 13.2 Å². The van der Waals surface area contributed by atoms with Crippen LogP contribution in [-0.4, -0.2) is 91.1 Å². The van der Waals surface area contributed by atoms with E-state index >= 15 is 0 Å². The Balaban J connectivity index is 1.42. The van der Waals surface area contributed by atoms with Crippen molar-refractivity contribution in [1.82, 2.24) is 30.5 Å². The highest BCUT2D eigenvalue weighted by Crippen LogP contribution is 2.20. The molecule has 2 aromatic heterocycles. The van der Waals surface area contributed by atoms with E-state index in [2.05, 4.69) is 25.6 Å². The molecule has 4 atom stereocenters. The van der Waals surface area contributed by atoms with Gasteiger partial charge < -0.3 is 41.4 Å². The molecule has 13 heteroatoms. The van der Waals surface area contributed by atoms with E-state index in [0.29, 0.717) is 18.5 Å². The lowest BCUT2D eigenvalue weighted by atomic mass is 10.0. The molecule has 0 unspecified atom stereocenters. The third kappa shape index (κ3) is 6.01. The molecule has 3 heterocycles. The van der Waals surface area contributed by atoms with Crippen LogP contribution >= 0.6 is 0 Å². The van der Waals surface area contributed by atoms with E-state index in [-0.39, 0.29) is 19.4 Å². The molecule has 1 aliphatic rings. The third-order valence-corrected chi connectivity index (χ3v) is 6.67. The van der Waals surface area contributed by atoms with Gasteiger partial charge in [-0.05, 0) is 30.9 Å². The Morgan fingerprint density at radius 1 is 1.11 bits per heavy atom. The van der Waals surface area contributed by atoms with Crippen molar-refractivity contribution in [3.63, 3.8) is 0 Å². The number of hydrogen-bond donors (Lipinski definition) is 7. The summed E-state index contributed by atoms with van der Waals surface area (Å²) in [4.78, 5) is 61.9. The van der Waals surface area contributed by atoms with Crippen molar-refractivity contribution in [2.24, 2.45) is 5.73 Å². The molecule has 1 saturated heterocycles. The summed E-state index contributed by atoms with van der Waals surface area (Å²) in [6.45, 7) is -0.492. The monoisotopic (exact) mass is 525 g/mol. The summed E-state index contributed by atoms with van der Waals surface area (Å²) in [5.74, 6) is -3.15. The Morgan fingerprint density at radius 2 is 1.87 bits per heavy atom. The largest absolute Gasteiger partial charge is 0.480 e.